The van der Waals surface area contributed by atoms with Gasteiger partial charge in [0.15, 0.2) is 0 Å². The Morgan fingerprint density at radius 2 is 1.76 bits per heavy atom. The summed E-state index contributed by atoms with van der Waals surface area (Å²) in [6.07, 6.45) is 0. The zero-order chi connectivity index (χ0) is 18.2. The molecular weight excluding hydrogens is 336 g/mol. The van der Waals surface area contributed by atoms with Crippen molar-refractivity contribution in [1.29, 1.82) is 0 Å². The van der Waals surface area contributed by atoms with Crippen molar-refractivity contribution < 1.29 is 13.2 Å². The highest BCUT2D eigenvalue weighted by Crippen LogP contribution is 2.40. The van der Waals surface area contributed by atoms with Crippen LogP contribution in [0.5, 0.6) is 0 Å². The van der Waals surface area contributed by atoms with Crippen molar-refractivity contribution >= 4 is 21.6 Å². The Bertz CT molecular complexity index is 889. The molecule has 0 radical (unpaired) electrons. The van der Waals surface area contributed by atoms with Crippen LogP contribution >= 0.6 is 0 Å². The third kappa shape index (κ3) is 3.19. The van der Waals surface area contributed by atoms with E-state index in [1.807, 2.05) is 18.2 Å². The Kier molecular flexibility index (Phi) is 4.67. The van der Waals surface area contributed by atoms with Crippen LogP contribution in [0.15, 0.2) is 53.4 Å². The van der Waals surface area contributed by atoms with Crippen LogP contribution < -0.4 is 9.62 Å². The molecule has 132 valence electrons. The fourth-order valence-electron chi connectivity index (χ4n) is 3.25. The molecule has 25 heavy (non-hydrogen) atoms. The van der Waals surface area contributed by atoms with E-state index in [2.05, 4.69) is 24.6 Å². The smallest absolute Gasteiger partial charge is 0.258 e. The maximum atomic E-state index is 13.0. The van der Waals surface area contributed by atoms with Crippen molar-refractivity contribution in [3.63, 3.8) is 0 Å². The molecule has 2 aromatic rings. The minimum atomic E-state index is -3.50. The van der Waals surface area contributed by atoms with Gasteiger partial charge in [0.1, 0.15) is 0 Å². The van der Waals surface area contributed by atoms with E-state index in [0.29, 0.717) is 23.9 Å². The average molecular weight is 358 g/mol. The van der Waals surface area contributed by atoms with Crippen LogP contribution in [0.1, 0.15) is 35.7 Å². The van der Waals surface area contributed by atoms with E-state index in [4.69, 9.17) is 0 Å². The standard InChI is InChI=1S/C19H22N2O3S/c1-13(2)17-12-21(18-7-5-4-6-16(17)18)19(22)14-8-10-15(11-9-14)25(23,24)20-3/h4-11,13,17,20H,12H2,1-3H3. The monoisotopic (exact) mass is 358 g/mol. The number of amides is 1. The molecule has 1 amide bonds. The van der Waals surface area contributed by atoms with Gasteiger partial charge in [-0.05, 0) is 48.9 Å². The number of hydrogen-bond acceptors (Lipinski definition) is 3. The number of benzene rings is 2. The van der Waals surface area contributed by atoms with E-state index in [0.717, 1.165) is 5.69 Å². The lowest BCUT2D eigenvalue weighted by atomic mass is 9.90. The largest absolute Gasteiger partial charge is 0.307 e. The summed E-state index contributed by atoms with van der Waals surface area (Å²) in [6.45, 7) is 4.96. The minimum Gasteiger partial charge on any atom is -0.307 e. The Labute approximate surface area is 148 Å². The lowest BCUT2D eigenvalue weighted by molar-refractivity contribution is 0.0987. The maximum Gasteiger partial charge on any atom is 0.258 e. The van der Waals surface area contributed by atoms with E-state index >= 15 is 0 Å². The predicted molar refractivity (Wildman–Crippen MR) is 98.4 cm³/mol. The number of anilines is 1. The van der Waals surface area contributed by atoms with E-state index in [-0.39, 0.29) is 10.8 Å². The number of sulfonamides is 1. The molecule has 1 unspecified atom stereocenters. The van der Waals surface area contributed by atoms with Crippen LogP contribution in [0.3, 0.4) is 0 Å². The van der Waals surface area contributed by atoms with Crippen LogP contribution in [0, 0.1) is 5.92 Å². The number of hydrogen-bond donors (Lipinski definition) is 1. The molecule has 1 heterocycles. The van der Waals surface area contributed by atoms with E-state index in [9.17, 15) is 13.2 Å². The summed E-state index contributed by atoms with van der Waals surface area (Å²) in [6, 6.07) is 14.0. The molecule has 0 aromatic heterocycles. The second-order valence-electron chi connectivity index (χ2n) is 6.56. The molecule has 0 spiro atoms. The normalized spacial score (nSPS) is 17.0. The molecule has 0 aliphatic carbocycles. The molecule has 1 aliphatic heterocycles. The van der Waals surface area contributed by atoms with Gasteiger partial charge in [0.25, 0.3) is 5.91 Å². The molecule has 1 aliphatic rings. The summed E-state index contributed by atoms with van der Waals surface area (Å²) in [5, 5.41) is 0. The van der Waals surface area contributed by atoms with Crippen molar-refractivity contribution in [3.8, 4) is 0 Å². The SMILES string of the molecule is CNS(=O)(=O)c1ccc(C(=O)N2CC(C(C)C)c3ccccc32)cc1. The van der Waals surface area contributed by atoms with Crippen molar-refractivity contribution in [3.05, 3.63) is 59.7 Å². The van der Waals surface area contributed by atoms with Gasteiger partial charge in [0.2, 0.25) is 10.0 Å². The molecule has 6 heteroatoms. The van der Waals surface area contributed by atoms with Crippen molar-refractivity contribution in [2.24, 2.45) is 5.92 Å². The number of nitrogens with zero attached hydrogens (tertiary/aromatic N) is 1. The number of fused-ring (bicyclic) bond motifs is 1. The highest BCUT2D eigenvalue weighted by Gasteiger charge is 2.34. The lowest BCUT2D eigenvalue weighted by Crippen LogP contribution is -2.30. The Balaban J connectivity index is 1.92. The van der Waals surface area contributed by atoms with Crippen LogP contribution in [0.2, 0.25) is 0 Å². The highest BCUT2D eigenvalue weighted by atomic mass is 32.2. The van der Waals surface area contributed by atoms with Crippen molar-refractivity contribution in [2.45, 2.75) is 24.7 Å². The fraction of sp³-hybridized carbons (Fsp3) is 0.316. The summed E-state index contributed by atoms with van der Waals surface area (Å²) in [4.78, 5) is 14.9. The van der Waals surface area contributed by atoms with Gasteiger partial charge in [0, 0.05) is 23.7 Å². The molecular formula is C19H22N2O3S. The van der Waals surface area contributed by atoms with Gasteiger partial charge in [-0.2, -0.15) is 0 Å². The van der Waals surface area contributed by atoms with E-state index in [1.165, 1.54) is 24.7 Å². The zero-order valence-corrected chi connectivity index (χ0v) is 15.4. The number of carbonyl (C=O) groups excluding carboxylic acids is 1. The number of carbonyl (C=O) groups is 1. The van der Waals surface area contributed by atoms with Crippen molar-refractivity contribution in [2.75, 3.05) is 18.5 Å². The van der Waals surface area contributed by atoms with E-state index in [1.54, 1.807) is 17.0 Å². The number of para-hydroxylation sites is 1. The molecule has 0 saturated carbocycles. The van der Waals surface area contributed by atoms with Gasteiger partial charge < -0.3 is 4.90 Å². The van der Waals surface area contributed by atoms with Gasteiger partial charge >= 0.3 is 0 Å². The van der Waals surface area contributed by atoms with Gasteiger partial charge in [-0.1, -0.05) is 32.0 Å². The van der Waals surface area contributed by atoms with Crippen LogP contribution in [-0.4, -0.2) is 27.9 Å². The van der Waals surface area contributed by atoms with Gasteiger partial charge in [-0.3, -0.25) is 4.79 Å². The molecule has 0 saturated heterocycles. The minimum absolute atomic E-state index is 0.107. The van der Waals surface area contributed by atoms with Crippen LogP contribution in [0.25, 0.3) is 0 Å². The van der Waals surface area contributed by atoms with Crippen LogP contribution in [-0.2, 0) is 10.0 Å². The van der Waals surface area contributed by atoms with Crippen LogP contribution in [0.4, 0.5) is 5.69 Å². The molecule has 5 nitrogen and oxygen atoms in total. The van der Waals surface area contributed by atoms with E-state index < -0.39 is 10.0 Å². The van der Waals surface area contributed by atoms with Gasteiger partial charge in [0.05, 0.1) is 4.90 Å². The summed E-state index contributed by atoms with van der Waals surface area (Å²) in [5.74, 6) is 0.634. The van der Waals surface area contributed by atoms with Gasteiger partial charge in [-0.15, -0.1) is 0 Å². The molecule has 1 atom stereocenters. The Hall–Kier alpha value is -2.18. The second-order valence-corrected chi connectivity index (χ2v) is 8.44. The average Bonchev–Trinajstić information content (AvgIpc) is 3.01. The molecule has 2 aromatic carbocycles. The topological polar surface area (TPSA) is 66.5 Å². The quantitative estimate of drug-likeness (QED) is 0.914. The number of rotatable bonds is 4. The zero-order valence-electron chi connectivity index (χ0n) is 14.6. The molecule has 1 N–H and O–H groups in total. The molecule has 0 fully saturated rings. The third-order valence-electron chi connectivity index (χ3n) is 4.74. The Morgan fingerprint density at radius 1 is 1.12 bits per heavy atom. The summed E-state index contributed by atoms with van der Waals surface area (Å²) >= 11 is 0. The lowest BCUT2D eigenvalue weighted by Gasteiger charge is -2.19. The second kappa shape index (κ2) is 6.61. The van der Waals surface area contributed by atoms with Gasteiger partial charge in [-0.25, -0.2) is 13.1 Å². The first-order valence-corrected chi connectivity index (χ1v) is 9.78. The summed E-state index contributed by atoms with van der Waals surface area (Å²) in [5.41, 5.74) is 2.62. The highest BCUT2D eigenvalue weighted by molar-refractivity contribution is 7.89. The summed E-state index contributed by atoms with van der Waals surface area (Å²) < 4.78 is 25.9. The third-order valence-corrected chi connectivity index (χ3v) is 6.17. The maximum absolute atomic E-state index is 13.0. The first-order chi connectivity index (χ1) is 11.8. The predicted octanol–water partition coefficient (Wildman–Crippen LogP) is 2.99. The van der Waals surface area contributed by atoms with Crippen molar-refractivity contribution in [1.82, 2.24) is 4.72 Å². The first-order valence-electron chi connectivity index (χ1n) is 8.29. The fourth-order valence-corrected chi connectivity index (χ4v) is 3.98. The molecule has 0 bridgehead atoms. The molecule has 3 rings (SSSR count). The Morgan fingerprint density at radius 3 is 2.36 bits per heavy atom. The number of nitrogens with one attached hydrogen (secondary N) is 1. The summed E-state index contributed by atoms with van der Waals surface area (Å²) in [7, 11) is -2.14. The first kappa shape index (κ1) is 17.6.